The molecule has 4 nitrogen and oxygen atoms in total. The highest BCUT2D eigenvalue weighted by Crippen LogP contribution is 2.32. The summed E-state index contributed by atoms with van der Waals surface area (Å²) in [6, 6.07) is 6.31. The van der Waals surface area contributed by atoms with E-state index in [4.69, 9.17) is 21.7 Å². The van der Waals surface area contributed by atoms with Gasteiger partial charge in [-0.25, -0.2) is 0 Å². The summed E-state index contributed by atoms with van der Waals surface area (Å²) in [6.07, 6.45) is 0. The third-order valence-corrected chi connectivity index (χ3v) is 3.41. The first kappa shape index (κ1) is 13.0. The molecule has 98 valence electrons. The second-order valence-corrected chi connectivity index (χ2v) is 4.94. The molecule has 0 aromatic heterocycles. The first-order valence-corrected chi connectivity index (χ1v) is 6.38. The number of nitrogens with zero attached hydrogens (tertiary/aromatic N) is 1. The van der Waals surface area contributed by atoms with E-state index in [-0.39, 0.29) is 0 Å². The Morgan fingerprint density at radius 3 is 2.83 bits per heavy atom. The molecule has 0 unspecified atom stereocenters. The maximum Gasteiger partial charge on any atom is 0.231 e. The summed E-state index contributed by atoms with van der Waals surface area (Å²) in [6.45, 7) is 5.20. The Bertz CT molecular complexity index is 449. The number of hydrogen-bond donors (Lipinski definition) is 1. The predicted molar refractivity (Wildman–Crippen MR) is 74.9 cm³/mol. The van der Waals surface area contributed by atoms with Crippen molar-refractivity contribution in [1.29, 1.82) is 0 Å². The van der Waals surface area contributed by atoms with Gasteiger partial charge in [0.25, 0.3) is 0 Å². The lowest BCUT2D eigenvalue weighted by Crippen LogP contribution is -2.40. The van der Waals surface area contributed by atoms with Gasteiger partial charge >= 0.3 is 0 Å². The SMILES string of the molecule is CC(C)N(C)C(=S)NCc1ccc2c(c1)OCO2. The molecule has 1 aliphatic heterocycles. The second kappa shape index (κ2) is 5.44. The molecular formula is C13H18N2O2S. The fraction of sp³-hybridized carbons (Fsp3) is 0.462. The molecule has 1 aromatic rings. The van der Waals surface area contributed by atoms with Crippen LogP contribution >= 0.6 is 12.2 Å². The smallest absolute Gasteiger partial charge is 0.231 e. The monoisotopic (exact) mass is 266 g/mol. The van der Waals surface area contributed by atoms with Crippen LogP contribution in [-0.2, 0) is 6.54 Å². The summed E-state index contributed by atoms with van der Waals surface area (Å²) in [5, 5.41) is 3.98. The van der Waals surface area contributed by atoms with Crippen LogP contribution in [0.1, 0.15) is 19.4 Å². The number of ether oxygens (including phenoxy) is 2. The number of nitrogens with one attached hydrogen (secondary N) is 1. The van der Waals surface area contributed by atoms with Crippen molar-refractivity contribution in [2.24, 2.45) is 0 Å². The molecule has 1 aromatic carbocycles. The topological polar surface area (TPSA) is 33.7 Å². The zero-order valence-electron chi connectivity index (χ0n) is 10.9. The van der Waals surface area contributed by atoms with E-state index < -0.39 is 0 Å². The number of hydrogen-bond acceptors (Lipinski definition) is 3. The highest BCUT2D eigenvalue weighted by molar-refractivity contribution is 7.80. The summed E-state index contributed by atoms with van der Waals surface area (Å²) in [5.74, 6) is 1.61. The molecule has 1 heterocycles. The van der Waals surface area contributed by atoms with Crippen LogP contribution in [0.25, 0.3) is 0 Å². The first-order valence-electron chi connectivity index (χ1n) is 5.97. The van der Waals surface area contributed by atoms with Crippen LogP contribution in [0, 0.1) is 0 Å². The van der Waals surface area contributed by atoms with E-state index in [9.17, 15) is 0 Å². The molecule has 0 atom stereocenters. The Hall–Kier alpha value is -1.49. The molecule has 0 saturated carbocycles. The molecule has 1 N–H and O–H groups in total. The number of thiocarbonyl (C=S) groups is 1. The summed E-state index contributed by atoms with van der Waals surface area (Å²) in [4.78, 5) is 2.03. The Balaban J connectivity index is 1.93. The van der Waals surface area contributed by atoms with Crippen LogP contribution in [0.3, 0.4) is 0 Å². The number of rotatable bonds is 3. The maximum absolute atomic E-state index is 5.34. The fourth-order valence-electron chi connectivity index (χ4n) is 1.59. The van der Waals surface area contributed by atoms with Crippen molar-refractivity contribution >= 4 is 17.3 Å². The van der Waals surface area contributed by atoms with Crippen molar-refractivity contribution in [1.82, 2.24) is 10.2 Å². The van der Waals surface area contributed by atoms with Gasteiger partial charge in [0.05, 0.1) is 0 Å². The Morgan fingerprint density at radius 1 is 1.39 bits per heavy atom. The minimum absolute atomic E-state index is 0.306. The molecule has 2 rings (SSSR count). The molecule has 0 amide bonds. The molecule has 0 saturated heterocycles. The Kier molecular flexibility index (Phi) is 3.91. The Labute approximate surface area is 113 Å². The first-order chi connectivity index (χ1) is 8.58. The van der Waals surface area contributed by atoms with Crippen LogP contribution < -0.4 is 14.8 Å². The van der Waals surface area contributed by atoms with E-state index in [1.54, 1.807) is 0 Å². The largest absolute Gasteiger partial charge is 0.454 e. The predicted octanol–water partition coefficient (Wildman–Crippen LogP) is 2.13. The van der Waals surface area contributed by atoms with Crippen molar-refractivity contribution in [3.05, 3.63) is 23.8 Å². The normalized spacial score (nSPS) is 12.7. The Morgan fingerprint density at radius 2 is 2.11 bits per heavy atom. The van der Waals surface area contributed by atoms with Crippen LogP contribution in [0.2, 0.25) is 0 Å². The van der Waals surface area contributed by atoms with Gasteiger partial charge in [0.2, 0.25) is 6.79 Å². The molecular weight excluding hydrogens is 248 g/mol. The number of benzene rings is 1. The van der Waals surface area contributed by atoms with Gasteiger partial charge in [-0.3, -0.25) is 0 Å². The average molecular weight is 266 g/mol. The standard InChI is InChI=1S/C13H18N2O2S/c1-9(2)15(3)13(18)14-7-10-4-5-11-12(6-10)17-8-16-11/h4-6,9H,7-8H2,1-3H3,(H,14,18). The lowest BCUT2D eigenvalue weighted by molar-refractivity contribution is 0.174. The minimum Gasteiger partial charge on any atom is -0.454 e. The van der Waals surface area contributed by atoms with E-state index in [1.807, 2.05) is 30.1 Å². The van der Waals surface area contributed by atoms with Crippen molar-refractivity contribution in [3.8, 4) is 11.5 Å². The van der Waals surface area contributed by atoms with Gasteiger partial charge in [-0.15, -0.1) is 0 Å². The highest BCUT2D eigenvalue weighted by atomic mass is 32.1. The van der Waals surface area contributed by atoms with Gasteiger partial charge in [-0.2, -0.15) is 0 Å². The third kappa shape index (κ3) is 2.85. The summed E-state index contributed by atoms with van der Waals surface area (Å²) in [5.41, 5.74) is 1.12. The lowest BCUT2D eigenvalue weighted by atomic mass is 10.2. The third-order valence-electron chi connectivity index (χ3n) is 2.98. The van der Waals surface area contributed by atoms with Gasteiger partial charge in [0, 0.05) is 19.6 Å². The van der Waals surface area contributed by atoms with Gasteiger partial charge in [0.15, 0.2) is 16.6 Å². The van der Waals surface area contributed by atoms with Gasteiger partial charge in [-0.05, 0) is 43.8 Å². The van der Waals surface area contributed by atoms with E-state index in [0.717, 1.165) is 22.2 Å². The second-order valence-electron chi connectivity index (χ2n) is 4.55. The zero-order valence-corrected chi connectivity index (χ0v) is 11.7. The minimum atomic E-state index is 0.306. The van der Waals surface area contributed by atoms with Crippen molar-refractivity contribution < 1.29 is 9.47 Å². The zero-order chi connectivity index (χ0) is 13.1. The molecule has 0 fully saturated rings. The maximum atomic E-state index is 5.34. The van der Waals surface area contributed by atoms with Gasteiger partial charge < -0.3 is 19.7 Å². The van der Waals surface area contributed by atoms with E-state index in [0.29, 0.717) is 19.4 Å². The fourth-order valence-corrected chi connectivity index (χ4v) is 1.87. The van der Waals surface area contributed by atoms with Crippen molar-refractivity contribution in [2.45, 2.75) is 26.4 Å². The quantitative estimate of drug-likeness (QED) is 0.848. The molecule has 1 aliphatic rings. The van der Waals surface area contributed by atoms with E-state index >= 15 is 0 Å². The van der Waals surface area contributed by atoms with E-state index in [2.05, 4.69) is 19.2 Å². The highest BCUT2D eigenvalue weighted by Gasteiger charge is 2.13. The summed E-state index contributed by atoms with van der Waals surface area (Å²) in [7, 11) is 1.99. The molecule has 0 aliphatic carbocycles. The van der Waals surface area contributed by atoms with Crippen molar-refractivity contribution in [2.75, 3.05) is 13.8 Å². The molecule has 0 bridgehead atoms. The molecule has 5 heteroatoms. The van der Waals surface area contributed by atoms with Crippen LogP contribution in [0.15, 0.2) is 18.2 Å². The summed E-state index contributed by atoms with van der Waals surface area (Å²) < 4.78 is 10.6. The van der Waals surface area contributed by atoms with Crippen LogP contribution in [0.5, 0.6) is 11.5 Å². The van der Waals surface area contributed by atoms with Gasteiger partial charge in [-0.1, -0.05) is 6.07 Å². The lowest BCUT2D eigenvalue weighted by Gasteiger charge is -2.24. The van der Waals surface area contributed by atoms with Crippen LogP contribution in [0.4, 0.5) is 0 Å². The molecule has 18 heavy (non-hydrogen) atoms. The van der Waals surface area contributed by atoms with Gasteiger partial charge in [0.1, 0.15) is 0 Å². The molecule has 0 radical (unpaired) electrons. The average Bonchev–Trinajstić information content (AvgIpc) is 2.82. The number of fused-ring (bicyclic) bond motifs is 1. The summed E-state index contributed by atoms with van der Waals surface area (Å²) >= 11 is 5.31. The van der Waals surface area contributed by atoms with Crippen LogP contribution in [-0.4, -0.2) is 29.9 Å². The van der Waals surface area contributed by atoms with Crippen molar-refractivity contribution in [3.63, 3.8) is 0 Å². The van der Waals surface area contributed by atoms with E-state index in [1.165, 1.54) is 0 Å². The molecule has 0 spiro atoms.